The Balaban J connectivity index is 1.56. The van der Waals surface area contributed by atoms with Crippen LogP contribution in [0.4, 0.5) is 5.69 Å². The quantitative estimate of drug-likeness (QED) is 0.375. The van der Waals surface area contributed by atoms with Crippen LogP contribution in [0.2, 0.25) is 5.02 Å². The maximum atomic E-state index is 13.3. The van der Waals surface area contributed by atoms with Crippen molar-refractivity contribution in [3.05, 3.63) is 93.4 Å². The maximum Gasteiger partial charge on any atom is 0.263 e. The SMILES string of the molecule is Cc1ccc2c(=O)c(-c3nc(-c4ccc(Cl)cc4)no3)cn(CC(=O)Nc3ccccc3C)c2n1. The minimum absolute atomic E-state index is 0.0514. The summed E-state index contributed by atoms with van der Waals surface area (Å²) >= 11 is 5.96. The molecule has 0 aliphatic rings. The molecular weight excluding hydrogens is 466 g/mol. The zero-order chi connectivity index (χ0) is 24.5. The highest BCUT2D eigenvalue weighted by molar-refractivity contribution is 6.30. The monoisotopic (exact) mass is 485 g/mol. The molecule has 1 N–H and O–H groups in total. The molecule has 3 heterocycles. The van der Waals surface area contributed by atoms with Crippen LogP contribution in [0.1, 0.15) is 11.3 Å². The normalized spacial score (nSPS) is 11.1. The van der Waals surface area contributed by atoms with Crippen molar-refractivity contribution in [3.8, 4) is 22.8 Å². The van der Waals surface area contributed by atoms with Crippen molar-refractivity contribution in [2.45, 2.75) is 20.4 Å². The molecule has 0 aliphatic heterocycles. The predicted octanol–water partition coefficient (Wildman–Crippen LogP) is 5.02. The van der Waals surface area contributed by atoms with Gasteiger partial charge in [-0.25, -0.2) is 4.98 Å². The summed E-state index contributed by atoms with van der Waals surface area (Å²) in [6, 6.07) is 17.9. The van der Waals surface area contributed by atoms with E-state index >= 15 is 0 Å². The Morgan fingerprint density at radius 3 is 2.57 bits per heavy atom. The van der Waals surface area contributed by atoms with Gasteiger partial charge in [-0.2, -0.15) is 4.98 Å². The maximum absolute atomic E-state index is 13.3. The molecule has 5 rings (SSSR count). The highest BCUT2D eigenvalue weighted by Crippen LogP contribution is 2.23. The van der Waals surface area contributed by atoms with E-state index in [2.05, 4.69) is 20.4 Å². The van der Waals surface area contributed by atoms with Crippen LogP contribution in [0.5, 0.6) is 0 Å². The molecule has 0 saturated heterocycles. The number of aryl methyl sites for hydroxylation is 2. The number of carbonyl (C=O) groups excluding carboxylic acids is 1. The zero-order valence-corrected chi connectivity index (χ0v) is 19.7. The number of anilines is 1. The number of aromatic nitrogens is 4. The molecule has 35 heavy (non-hydrogen) atoms. The predicted molar refractivity (Wildman–Crippen MR) is 134 cm³/mol. The van der Waals surface area contributed by atoms with E-state index in [1.807, 2.05) is 38.1 Å². The third kappa shape index (κ3) is 4.56. The van der Waals surface area contributed by atoms with Crippen molar-refractivity contribution in [3.63, 3.8) is 0 Å². The second-order valence-electron chi connectivity index (χ2n) is 8.12. The van der Waals surface area contributed by atoms with Crippen molar-refractivity contribution in [2.24, 2.45) is 0 Å². The molecule has 0 atom stereocenters. The average Bonchev–Trinajstić information content (AvgIpc) is 3.33. The average molecular weight is 486 g/mol. The zero-order valence-electron chi connectivity index (χ0n) is 18.9. The van der Waals surface area contributed by atoms with E-state index in [0.717, 1.165) is 16.9 Å². The van der Waals surface area contributed by atoms with E-state index < -0.39 is 0 Å². The topological polar surface area (TPSA) is 103 Å². The molecule has 5 aromatic rings. The van der Waals surface area contributed by atoms with Crippen LogP contribution >= 0.6 is 11.6 Å². The molecule has 3 aromatic heterocycles. The first-order valence-electron chi connectivity index (χ1n) is 10.9. The lowest BCUT2D eigenvalue weighted by molar-refractivity contribution is -0.116. The Bertz CT molecular complexity index is 1620. The smallest absolute Gasteiger partial charge is 0.263 e. The first kappa shape index (κ1) is 22.5. The molecule has 174 valence electrons. The van der Waals surface area contributed by atoms with Crippen molar-refractivity contribution < 1.29 is 9.32 Å². The number of rotatable bonds is 5. The van der Waals surface area contributed by atoms with Gasteiger partial charge in [0, 0.05) is 28.2 Å². The number of carbonyl (C=O) groups is 1. The summed E-state index contributed by atoms with van der Waals surface area (Å²) in [6.45, 7) is 3.68. The molecule has 1 amide bonds. The molecule has 0 aliphatic carbocycles. The van der Waals surface area contributed by atoms with Gasteiger partial charge in [0.2, 0.25) is 17.2 Å². The van der Waals surface area contributed by atoms with Gasteiger partial charge in [0.1, 0.15) is 17.8 Å². The Morgan fingerprint density at radius 1 is 1.03 bits per heavy atom. The highest BCUT2D eigenvalue weighted by Gasteiger charge is 2.19. The van der Waals surface area contributed by atoms with Gasteiger partial charge in [0.25, 0.3) is 5.89 Å². The van der Waals surface area contributed by atoms with E-state index in [9.17, 15) is 9.59 Å². The van der Waals surface area contributed by atoms with Crippen LogP contribution in [0.25, 0.3) is 33.9 Å². The van der Waals surface area contributed by atoms with Crippen molar-refractivity contribution in [1.82, 2.24) is 19.7 Å². The van der Waals surface area contributed by atoms with Gasteiger partial charge in [-0.15, -0.1) is 0 Å². The van der Waals surface area contributed by atoms with Crippen LogP contribution in [-0.4, -0.2) is 25.6 Å². The summed E-state index contributed by atoms with van der Waals surface area (Å²) in [6.07, 6.45) is 1.54. The van der Waals surface area contributed by atoms with Crippen LogP contribution in [0.3, 0.4) is 0 Å². The summed E-state index contributed by atoms with van der Waals surface area (Å²) in [5.74, 6) is 0.114. The molecule has 8 nitrogen and oxygen atoms in total. The number of nitrogens with zero attached hydrogens (tertiary/aromatic N) is 4. The Labute approximate surface area is 205 Å². The number of benzene rings is 2. The number of hydrogen-bond acceptors (Lipinski definition) is 6. The number of pyridine rings is 2. The summed E-state index contributed by atoms with van der Waals surface area (Å²) in [5, 5.41) is 7.86. The van der Waals surface area contributed by atoms with Crippen molar-refractivity contribution in [2.75, 3.05) is 5.32 Å². The van der Waals surface area contributed by atoms with Gasteiger partial charge in [0.05, 0.1) is 5.39 Å². The van der Waals surface area contributed by atoms with E-state index in [1.54, 1.807) is 41.0 Å². The molecule has 0 unspecified atom stereocenters. The summed E-state index contributed by atoms with van der Waals surface area (Å²) in [7, 11) is 0. The fourth-order valence-electron chi connectivity index (χ4n) is 3.74. The summed E-state index contributed by atoms with van der Waals surface area (Å²) in [5.41, 5.74) is 3.35. The van der Waals surface area contributed by atoms with E-state index in [1.165, 1.54) is 6.20 Å². The molecule has 0 bridgehead atoms. The Hall–Kier alpha value is -4.30. The van der Waals surface area contributed by atoms with E-state index in [4.69, 9.17) is 16.1 Å². The second-order valence-corrected chi connectivity index (χ2v) is 8.55. The van der Waals surface area contributed by atoms with Gasteiger partial charge in [-0.1, -0.05) is 35.0 Å². The van der Waals surface area contributed by atoms with Crippen LogP contribution in [0.15, 0.2) is 76.2 Å². The Kier molecular flexibility index (Phi) is 5.88. The number of para-hydroxylation sites is 1. The number of fused-ring (bicyclic) bond motifs is 1. The van der Waals surface area contributed by atoms with Gasteiger partial charge in [-0.05, 0) is 61.9 Å². The largest absolute Gasteiger partial charge is 0.333 e. The van der Waals surface area contributed by atoms with Gasteiger partial charge in [0.15, 0.2) is 0 Å². The van der Waals surface area contributed by atoms with Gasteiger partial charge < -0.3 is 14.4 Å². The minimum atomic E-state index is -0.311. The van der Waals surface area contributed by atoms with Gasteiger partial charge in [-0.3, -0.25) is 9.59 Å². The van der Waals surface area contributed by atoms with Crippen LogP contribution in [-0.2, 0) is 11.3 Å². The first-order valence-corrected chi connectivity index (χ1v) is 11.2. The number of nitrogens with one attached hydrogen (secondary N) is 1. The molecule has 0 saturated carbocycles. The van der Waals surface area contributed by atoms with Crippen LogP contribution < -0.4 is 10.7 Å². The molecular formula is C26H20ClN5O3. The molecule has 2 aromatic carbocycles. The Morgan fingerprint density at radius 2 is 1.80 bits per heavy atom. The summed E-state index contributed by atoms with van der Waals surface area (Å²) < 4.78 is 7.06. The third-order valence-corrected chi connectivity index (χ3v) is 5.80. The van der Waals surface area contributed by atoms with Crippen molar-refractivity contribution >= 4 is 34.2 Å². The third-order valence-electron chi connectivity index (χ3n) is 5.55. The number of hydrogen-bond donors (Lipinski definition) is 1. The number of amides is 1. The summed E-state index contributed by atoms with van der Waals surface area (Å²) in [4.78, 5) is 35.1. The molecule has 9 heteroatoms. The minimum Gasteiger partial charge on any atom is -0.333 e. The fourth-order valence-corrected chi connectivity index (χ4v) is 3.87. The molecule has 0 fully saturated rings. The van der Waals surface area contributed by atoms with E-state index in [-0.39, 0.29) is 29.3 Å². The second kappa shape index (κ2) is 9.15. The molecule has 0 spiro atoms. The number of halogens is 1. The first-order chi connectivity index (χ1) is 16.9. The standard InChI is InChI=1S/C26H20ClN5O3/c1-15-5-3-4-6-21(15)29-22(33)14-32-13-20(23(34)19-12-7-16(2)28-25(19)32)26-30-24(31-35-26)17-8-10-18(27)11-9-17/h3-13H,14H2,1-2H3,(H,29,33). The fraction of sp³-hybridized carbons (Fsp3) is 0.115. The lowest BCUT2D eigenvalue weighted by Crippen LogP contribution is -2.22. The highest BCUT2D eigenvalue weighted by atomic mass is 35.5. The van der Waals surface area contributed by atoms with Crippen LogP contribution in [0, 0.1) is 13.8 Å². The lowest BCUT2D eigenvalue weighted by Gasteiger charge is -2.13. The molecule has 0 radical (unpaired) electrons. The van der Waals surface area contributed by atoms with E-state index in [0.29, 0.717) is 27.4 Å². The van der Waals surface area contributed by atoms with Gasteiger partial charge >= 0.3 is 0 Å². The van der Waals surface area contributed by atoms with Crippen molar-refractivity contribution in [1.29, 1.82) is 0 Å². The lowest BCUT2D eigenvalue weighted by atomic mass is 10.1.